The van der Waals surface area contributed by atoms with Gasteiger partial charge in [-0.2, -0.15) is 13.7 Å². The molecule has 10 heteroatoms. The van der Waals surface area contributed by atoms with E-state index < -0.39 is 0 Å². The van der Waals surface area contributed by atoms with E-state index in [4.69, 9.17) is 4.74 Å². The zero-order valence-electron chi connectivity index (χ0n) is 16.0. The molecule has 4 rings (SSSR count). The van der Waals surface area contributed by atoms with Gasteiger partial charge in [0.15, 0.2) is 0 Å². The smallest absolute Gasteiger partial charge is 0.368 e. The second kappa shape index (κ2) is 7.88. The standard InChI is InChI=1S/C19H17BrN6O2S/c1-11-5-4-6-15(26-19(27)25(3)23-24-26)14(11)10-28-16-8-7-13(9-12(16)2)17-21-18(20)22-29-17/h4-9H,10H2,1-3H3. The minimum Gasteiger partial charge on any atom is -0.489 e. The van der Waals surface area contributed by atoms with Gasteiger partial charge in [-0.3, -0.25) is 0 Å². The van der Waals surface area contributed by atoms with Crippen molar-refractivity contribution in [2.75, 3.05) is 0 Å². The molecule has 0 N–H and O–H groups in total. The van der Waals surface area contributed by atoms with Crippen LogP contribution in [0, 0.1) is 13.8 Å². The summed E-state index contributed by atoms with van der Waals surface area (Å²) in [6.45, 7) is 4.27. The fourth-order valence-corrected chi connectivity index (χ4v) is 4.03. The van der Waals surface area contributed by atoms with Gasteiger partial charge in [-0.15, -0.1) is 0 Å². The van der Waals surface area contributed by atoms with Crippen LogP contribution >= 0.6 is 27.5 Å². The summed E-state index contributed by atoms with van der Waals surface area (Å²) in [5, 5.41) is 8.59. The number of benzene rings is 2. The van der Waals surface area contributed by atoms with Crippen molar-refractivity contribution in [3.8, 4) is 22.0 Å². The van der Waals surface area contributed by atoms with Crippen molar-refractivity contribution in [3.63, 3.8) is 0 Å². The van der Waals surface area contributed by atoms with Gasteiger partial charge >= 0.3 is 5.69 Å². The Labute approximate surface area is 179 Å². The highest BCUT2D eigenvalue weighted by Gasteiger charge is 2.14. The van der Waals surface area contributed by atoms with Crippen molar-refractivity contribution in [3.05, 3.63) is 68.3 Å². The minimum absolute atomic E-state index is 0.301. The summed E-state index contributed by atoms with van der Waals surface area (Å²) < 4.78 is 13.3. The first-order valence-corrected chi connectivity index (χ1v) is 10.3. The minimum atomic E-state index is -0.305. The number of ether oxygens (including phenoxy) is 1. The molecule has 0 aliphatic rings. The zero-order chi connectivity index (χ0) is 20.5. The maximum atomic E-state index is 12.3. The highest BCUT2D eigenvalue weighted by Crippen LogP contribution is 2.29. The van der Waals surface area contributed by atoms with Crippen LogP contribution in [0.1, 0.15) is 16.7 Å². The van der Waals surface area contributed by atoms with Crippen LogP contribution in [0.3, 0.4) is 0 Å². The molecule has 0 spiro atoms. The topological polar surface area (TPSA) is 87.7 Å². The van der Waals surface area contributed by atoms with Crippen LogP contribution in [0.4, 0.5) is 0 Å². The molecule has 0 atom stereocenters. The van der Waals surface area contributed by atoms with Gasteiger partial charge in [0.2, 0.25) is 4.73 Å². The molecule has 2 aromatic carbocycles. The summed E-state index contributed by atoms with van der Waals surface area (Å²) >= 11 is 4.62. The third-order valence-corrected chi connectivity index (χ3v) is 5.88. The Hall–Kier alpha value is -2.85. The van der Waals surface area contributed by atoms with Crippen molar-refractivity contribution in [2.24, 2.45) is 7.05 Å². The van der Waals surface area contributed by atoms with Crippen LogP contribution in [0.5, 0.6) is 5.75 Å². The molecule has 148 valence electrons. The highest BCUT2D eigenvalue weighted by atomic mass is 79.9. The lowest BCUT2D eigenvalue weighted by Gasteiger charge is -2.14. The third-order valence-electron chi connectivity index (χ3n) is 4.53. The molecule has 0 saturated carbocycles. The molecule has 0 bridgehead atoms. The van der Waals surface area contributed by atoms with Crippen LogP contribution in [-0.2, 0) is 13.7 Å². The van der Waals surface area contributed by atoms with E-state index in [0.29, 0.717) is 17.0 Å². The number of aromatic nitrogens is 6. The average Bonchev–Trinajstić information content (AvgIpc) is 3.27. The van der Waals surface area contributed by atoms with Crippen molar-refractivity contribution in [2.45, 2.75) is 20.5 Å². The number of aryl methyl sites for hydroxylation is 3. The number of hydrogen-bond donors (Lipinski definition) is 0. The van der Waals surface area contributed by atoms with E-state index in [9.17, 15) is 4.79 Å². The van der Waals surface area contributed by atoms with Gasteiger partial charge in [0.05, 0.1) is 5.69 Å². The number of hydrogen-bond acceptors (Lipinski definition) is 7. The Bertz CT molecular complexity index is 1250. The molecular formula is C19H17BrN6O2S. The normalized spacial score (nSPS) is 11.0. The predicted molar refractivity (Wildman–Crippen MR) is 113 cm³/mol. The molecule has 0 radical (unpaired) electrons. The number of halogens is 1. The fraction of sp³-hybridized carbons (Fsp3) is 0.211. The third kappa shape index (κ3) is 3.85. The van der Waals surface area contributed by atoms with Crippen molar-refractivity contribution in [1.29, 1.82) is 0 Å². The van der Waals surface area contributed by atoms with Gasteiger partial charge in [-0.1, -0.05) is 12.1 Å². The van der Waals surface area contributed by atoms with Crippen LogP contribution in [0.15, 0.2) is 45.9 Å². The van der Waals surface area contributed by atoms with E-state index in [-0.39, 0.29) is 5.69 Å². The Kier molecular flexibility index (Phi) is 5.29. The van der Waals surface area contributed by atoms with Crippen LogP contribution in [-0.4, -0.2) is 29.1 Å². The molecule has 0 aliphatic carbocycles. The van der Waals surface area contributed by atoms with Crippen molar-refractivity contribution in [1.82, 2.24) is 29.1 Å². The van der Waals surface area contributed by atoms with Crippen LogP contribution < -0.4 is 10.4 Å². The lowest BCUT2D eigenvalue weighted by Crippen LogP contribution is -2.23. The van der Waals surface area contributed by atoms with E-state index >= 15 is 0 Å². The summed E-state index contributed by atoms with van der Waals surface area (Å²) in [4.78, 5) is 16.6. The van der Waals surface area contributed by atoms with Gasteiger partial charge < -0.3 is 4.74 Å². The van der Waals surface area contributed by atoms with Gasteiger partial charge in [-0.05, 0) is 87.1 Å². The Balaban J connectivity index is 1.61. The summed E-state index contributed by atoms with van der Waals surface area (Å²) in [5.41, 5.74) is 4.22. The van der Waals surface area contributed by atoms with Crippen LogP contribution in [0.25, 0.3) is 16.3 Å². The zero-order valence-corrected chi connectivity index (χ0v) is 18.4. The number of tetrazole rings is 1. The van der Waals surface area contributed by atoms with Crippen LogP contribution in [0.2, 0.25) is 0 Å². The summed E-state index contributed by atoms with van der Waals surface area (Å²) in [5.74, 6) is 0.762. The molecule has 0 unspecified atom stereocenters. The SMILES string of the molecule is Cc1cc(-c2nc(Br)ns2)ccc1OCc1c(C)cccc1-n1nnn(C)c1=O. The molecular weight excluding hydrogens is 456 g/mol. The maximum Gasteiger partial charge on any atom is 0.368 e. The van der Waals surface area contributed by atoms with E-state index in [1.54, 1.807) is 7.05 Å². The predicted octanol–water partition coefficient (Wildman–Crippen LogP) is 3.44. The molecule has 8 nitrogen and oxygen atoms in total. The fourth-order valence-electron chi connectivity index (χ4n) is 2.95. The molecule has 0 aliphatic heterocycles. The van der Waals surface area contributed by atoms with Gasteiger partial charge in [0, 0.05) is 18.2 Å². The quantitative estimate of drug-likeness (QED) is 0.441. The first-order valence-electron chi connectivity index (χ1n) is 8.75. The van der Waals surface area contributed by atoms with Crippen molar-refractivity contribution >= 4 is 27.5 Å². The van der Waals surface area contributed by atoms with Crippen molar-refractivity contribution < 1.29 is 4.74 Å². The second-order valence-electron chi connectivity index (χ2n) is 6.51. The second-order valence-corrected chi connectivity index (χ2v) is 7.97. The number of rotatable bonds is 5. The molecule has 0 saturated heterocycles. The largest absolute Gasteiger partial charge is 0.489 e. The lowest BCUT2D eigenvalue weighted by atomic mass is 10.1. The summed E-state index contributed by atoms with van der Waals surface area (Å²) in [6, 6.07) is 11.6. The number of nitrogens with zero attached hydrogens (tertiary/aromatic N) is 6. The van der Waals surface area contributed by atoms with E-state index in [0.717, 1.165) is 33.0 Å². The van der Waals surface area contributed by atoms with Gasteiger partial charge in [0.25, 0.3) is 0 Å². The van der Waals surface area contributed by atoms with Gasteiger partial charge in [-0.25, -0.2) is 9.78 Å². The Morgan fingerprint density at radius 2 is 1.97 bits per heavy atom. The molecule has 4 aromatic rings. The molecule has 29 heavy (non-hydrogen) atoms. The monoisotopic (exact) mass is 472 g/mol. The first kappa shape index (κ1) is 19.5. The lowest BCUT2D eigenvalue weighted by molar-refractivity contribution is 0.302. The molecule has 0 fully saturated rings. The van der Waals surface area contributed by atoms with Gasteiger partial charge in [0.1, 0.15) is 17.4 Å². The first-order chi connectivity index (χ1) is 13.9. The maximum absolute atomic E-state index is 12.3. The average molecular weight is 473 g/mol. The highest BCUT2D eigenvalue weighted by molar-refractivity contribution is 9.10. The Morgan fingerprint density at radius 3 is 2.62 bits per heavy atom. The molecule has 2 heterocycles. The van der Waals surface area contributed by atoms with E-state index in [1.807, 2.05) is 50.2 Å². The Morgan fingerprint density at radius 1 is 1.14 bits per heavy atom. The van der Waals surface area contributed by atoms with E-state index in [1.165, 1.54) is 20.9 Å². The summed E-state index contributed by atoms with van der Waals surface area (Å²) in [7, 11) is 1.57. The van der Waals surface area contributed by atoms with E-state index in [2.05, 4.69) is 35.7 Å². The summed E-state index contributed by atoms with van der Waals surface area (Å²) in [6.07, 6.45) is 0. The molecule has 2 aromatic heterocycles. The molecule has 0 amide bonds.